The van der Waals surface area contributed by atoms with Crippen LogP contribution in [0.25, 0.3) is 0 Å². The first-order valence-corrected chi connectivity index (χ1v) is 9.38. The van der Waals surface area contributed by atoms with Crippen molar-refractivity contribution < 1.29 is 24.3 Å². The van der Waals surface area contributed by atoms with E-state index in [4.69, 9.17) is 5.11 Å². The van der Waals surface area contributed by atoms with E-state index in [1.165, 1.54) is 13.0 Å². The quantitative estimate of drug-likeness (QED) is 0.384. The van der Waals surface area contributed by atoms with Crippen molar-refractivity contribution in [2.75, 3.05) is 39.3 Å². The van der Waals surface area contributed by atoms with Crippen LogP contribution >= 0.6 is 0 Å². The Morgan fingerprint density at radius 2 is 1.52 bits per heavy atom. The zero-order chi connectivity index (χ0) is 19.7. The molecule has 3 aliphatic heterocycles. The smallest absolute Gasteiger partial charge is 0.314 e. The highest BCUT2D eigenvalue weighted by Gasteiger charge is 2.43. The summed E-state index contributed by atoms with van der Waals surface area (Å²) in [5, 5.41) is 8.45. The minimum absolute atomic E-state index is 0.00546. The molecule has 8 nitrogen and oxygen atoms in total. The van der Waals surface area contributed by atoms with Gasteiger partial charge in [0.2, 0.25) is 11.6 Å². The number of rotatable bonds is 7. The molecule has 0 saturated carbocycles. The minimum Gasteiger partial charge on any atom is -0.481 e. The lowest BCUT2D eigenvalue weighted by Gasteiger charge is -2.21. The summed E-state index contributed by atoms with van der Waals surface area (Å²) in [4.78, 5) is 51.4. The van der Waals surface area contributed by atoms with Gasteiger partial charge in [0, 0.05) is 45.3 Å². The van der Waals surface area contributed by atoms with Gasteiger partial charge < -0.3 is 19.8 Å². The Bertz CT molecular complexity index is 728. The molecule has 0 radical (unpaired) electrons. The maximum atomic E-state index is 12.4. The number of nitrogens with zero attached hydrogens (tertiary/aromatic N) is 3. The lowest BCUT2D eigenvalue weighted by Crippen LogP contribution is -2.29. The summed E-state index contributed by atoms with van der Waals surface area (Å²) >= 11 is 0. The van der Waals surface area contributed by atoms with E-state index < -0.39 is 11.9 Å². The van der Waals surface area contributed by atoms with Crippen LogP contribution in [-0.2, 0) is 19.2 Å². The van der Waals surface area contributed by atoms with E-state index in [1.807, 2.05) is 21.6 Å². The molecule has 8 heteroatoms. The van der Waals surface area contributed by atoms with E-state index in [1.54, 1.807) is 0 Å². The molecular weight excluding hydrogens is 350 g/mol. The number of carbonyl (C=O) groups excluding carboxylic acids is 3. The topological polar surface area (TPSA) is 97.5 Å². The maximum Gasteiger partial charge on any atom is 0.314 e. The van der Waals surface area contributed by atoms with E-state index >= 15 is 0 Å². The molecule has 0 aromatic rings. The van der Waals surface area contributed by atoms with Gasteiger partial charge in [-0.15, -0.1) is 0 Å². The summed E-state index contributed by atoms with van der Waals surface area (Å²) in [7, 11) is 0. The fourth-order valence-corrected chi connectivity index (χ4v) is 3.06. The number of carboxylic acid groups (broad SMARTS) is 1. The molecule has 3 saturated heterocycles. The van der Waals surface area contributed by atoms with E-state index in [0.717, 1.165) is 45.7 Å². The minimum atomic E-state index is -1.01. The summed E-state index contributed by atoms with van der Waals surface area (Å²) in [6, 6.07) is 0. The van der Waals surface area contributed by atoms with Crippen molar-refractivity contribution in [3.63, 3.8) is 0 Å². The number of hydrogen-bond donors (Lipinski definition) is 1. The normalized spacial score (nSPS) is 21.4. The van der Waals surface area contributed by atoms with E-state index in [2.05, 4.69) is 0 Å². The molecule has 0 bridgehead atoms. The van der Waals surface area contributed by atoms with Crippen LogP contribution in [0.1, 0.15) is 26.7 Å². The molecule has 1 aliphatic carbocycles. The fraction of sp³-hybridized carbons (Fsp3) is 0.579. The van der Waals surface area contributed by atoms with Gasteiger partial charge in [-0.05, 0) is 13.3 Å². The summed E-state index contributed by atoms with van der Waals surface area (Å²) in [6.45, 7) is 8.58. The largest absolute Gasteiger partial charge is 0.481 e. The van der Waals surface area contributed by atoms with Crippen molar-refractivity contribution in [3.8, 4) is 0 Å². The molecule has 4 rings (SSSR count). The average Bonchev–Trinajstić information content (AvgIpc) is 3.48. The van der Waals surface area contributed by atoms with Gasteiger partial charge in [0.25, 0.3) is 0 Å². The van der Waals surface area contributed by atoms with Crippen LogP contribution in [0.15, 0.2) is 23.2 Å². The molecule has 27 heavy (non-hydrogen) atoms. The van der Waals surface area contributed by atoms with Crippen LogP contribution in [0.4, 0.5) is 0 Å². The number of allylic oxidation sites excluding steroid dienone is 1. The molecule has 0 amide bonds. The van der Waals surface area contributed by atoms with Gasteiger partial charge in [-0.25, -0.2) is 0 Å². The van der Waals surface area contributed by atoms with Crippen LogP contribution in [0.2, 0.25) is 0 Å². The standard InChI is InChI=1S/C12H13N3O2.C7H12O3/c16-9-7-8(13-1-2-13)12(17)11(15-5-6-15)10(9)14-3-4-14;1-3-4-6(5(2)8)7(9)10/h7H,1-6H2;6H,3-4H2,1-2H3,(H,9,10). The summed E-state index contributed by atoms with van der Waals surface area (Å²) in [6.07, 6.45) is 2.71. The Balaban J connectivity index is 0.000000183. The van der Waals surface area contributed by atoms with Gasteiger partial charge in [0.1, 0.15) is 23.1 Å². The highest BCUT2D eigenvalue weighted by atomic mass is 16.4. The molecule has 1 N–H and O–H groups in total. The number of Topliss-reactive ketones (excluding diaryl/α,β-unsaturated/α-hetero) is 2. The predicted molar refractivity (Wildman–Crippen MR) is 96.6 cm³/mol. The molecular formula is C19H25N3O5. The van der Waals surface area contributed by atoms with Crippen LogP contribution in [-0.4, -0.2) is 82.4 Å². The Morgan fingerprint density at radius 1 is 1.00 bits per heavy atom. The number of aliphatic carboxylic acids is 1. The van der Waals surface area contributed by atoms with Gasteiger partial charge in [-0.2, -0.15) is 0 Å². The molecule has 4 aliphatic rings. The zero-order valence-corrected chi connectivity index (χ0v) is 15.7. The molecule has 0 aromatic carbocycles. The molecule has 1 unspecified atom stereocenters. The van der Waals surface area contributed by atoms with Crippen molar-refractivity contribution in [2.24, 2.45) is 5.92 Å². The van der Waals surface area contributed by atoms with Gasteiger partial charge in [-0.3, -0.25) is 19.2 Å². The van der Waals surface area contributed by atoms with Gasteiger partial charge >= 0.3 is 5.97 Å². The second kappa shape index (κ2) is 7.54. The van der Waals surface area contributed by atoms with Gasteiger partial charge in [-0.1, -0.05) is 13.3 Å². The van der Waals surface area contributed by atoms with Crippen molar-refractivity contribution in [3.05, 3.63) is 23.2 Å². The second-order valence-electron chi connectivity index (χ2n) is 7.17. The molecule has 3 fully saturated rings. The number of carboxylic acids is 1. The number of carbonyl (C=O) groups is 4. The first-order chi connectivity index (χ1) is 12.8. The Kier molecular flexibility index (Phi) is 5.34. The fourth-order valence-electron chi connectivity index (χ4n) is 3.06. The van der Waals surface area contributed by atoms with E-state index in [-0.39, 0.29) is 17.3 Å². The first kappa shape index (κ1) is 19.1. The van der Waals surface area contributed by atoms with Crippen LogP contribution in [0.5, 0.6) is 0 Å². The Labute approximate surface area is 158 Å². The number of ketones is 3. The number of hydrogen-bond acceptors (Lipinski definition) is 7. The van der Waals surface area contributed by atoms with Crippen molar-refractivity contribution >= 4 is 23.3 Å². The summed E-state index contributed by atoms with van der Waals surface area (Å²) in [5.74, 6) is -2.00. The van der Waals surface area contributed by atoms with Crippen molar-refractivity contribution in [1.82, 2.24) is 14.7 Å². The maximum absolute atomic E-state index is 12.4. The van der Waals surface area contributed by atoms with Gasteiger partial charge in [0.15, 0.2) is 0 Å². The third-order valence-electron chi connectivity index (χ3n) is 4.85. The molecule has 146 valence electrons. The summed E-state index contributed by atoms with van der Waals surface area (Å²) < 4.78 is 0. The van der Waals surface area contributed by atoms with Crippen molar-refractivity contribution in [1.29, 1.82) is 0 Å². The van der Waals surface area contributed by atoms with E-state index in [0.29, 0.717) is 23.5 Å². The Morgan fingerprint density at radius 3 is 1.89 bits per heavy atom. The molecule has 0 aromatic heterocycles. The molecule has 3 heterocycles. The Hall–Kier alpha value is -2.64. The third-order valence-corrected chi connectivity index (χ3v) is 4.85. The molecule has 1 atom stereocenters. The average molecular weight is 375 g/mol. The van der Waals surface area contributed by atoms with Crippen molar-refractivity contribution in [2.45, 2.75) is 26.7 Å². The van der Waals surface area contributed by atoms with Gasteiger partial charge in [0.05, 0.1) is 5.70 Å². The highest BCUT2D eigenvalue weighted by molar-refractivity contribution is 6.22. The predicted octanol–water partition coefficient (Wildman–Crippen LogP) is 0.257. The lowest BCUT2D eigenvalue weighted by atomic mass is 10.0. The highest BCUT2D eigenvalue weighted by Crippen LogP contribution is 2.33. The lowest BCUT2D eigenvalue weighted by molar-refractivity contribution is -0.146. The SMILES string of the molecule is CCCC(C(C)=O)C(=O)O.O=C1C=C(N2CC2)C(=O)C(N2CC2)=C1N1CC1. The zero-order valence-electron chi connectivity index (χ0n) is 15.7. The first-order valence-electron chi connectivity index (χ1n) is 9.38. The molecule has 0 spiro atoms. The van der Waals surface area contributed by atoms with Crippen LogP contribution in [0.3, 0.4) is 0 Å². The summed E-state index contributed by atoms with van der Waals surface area (Å²) in [5.41, 5.74) is 1.89. The third kappa shape index (κ3) is 4.37. The van der Waals surface area contributed by atoms with Crippen LogP contribution in [0, 0.1) is 5.92 Å². The van der Waals surface area contributed by atoms with E-state index in [9.17, 15) is 19.2 Å². The monoisotopic (exact) mass is 375 g/mol. The van der Waals surface area contributed by atoms with Crippen LogP contribution < -0.4 is 0 Å². The second-order valence-corrected chi connectivity index (χ2v) is 7.17.